The first kappa shape index (κ1) is 24.2. The summed E-state index contributed by atoms with van der Waals surface area (Å²) in [6, 6.07) is 7.65. The van der Waals surface area contributed by atoms with Crippen LogP contribution in [0.25, 0.3) is 6.08 Å². The standard InChI is InChI=1S/C26H38N4O2S/c1-18(2)24(29(6)7)26-15-19-16-27-28-23(19)14-21(26)12-13-30(17-26)33(31,32)22-10-8-20(9-11-22)25(3,4)5/h8-11,14,16,18,24H,12-13,15,17H2,1-7H3,(H,27,28)/t24-,26?/m0/s1. The molecule has 1 aliphatic carbocycles. The molecule has 1 unspecified atom stereocenters. The van der Waals surface area contributed by atoms with E-state index in [0.717, 1.165) is 24.1 Å². The Morgan fingerprint density at radius 3 is 2.39 bits per heavy atom. The molecule has 1 saturated heterocycles. The van der Waals surface area contributed by atoms with Gasteiger partial charge in [0.25, 0.3) is 0 Å². The lowest BCUT2D eigenvalue weighted by atomic mass is 9.61. The van der Waals surface area contributed by atoms with Crippen molar-refractivity contribution < 1.29 is 8.42 Å². The van der Waals surface area contributed by atoms with E-state index in [2.05, 4.69) is 69.9 Å². The van der Waals surface area contributed by atoms with E-state index >= 15 is 0 Å². The van der Waals surface area contributed by atoms with Crippen molar-refractivity contribution >= 4 is 16.1 Å². The van der Waals surface area contributed by atoms with Crippen molar-refractivity contribution in [3.8, 4) is 0 Å². The van der Waals surface area contributed by atoms with Crippen LogP contribution in [-0.4, -0.2) is 61.0 Å². The number of H-pyrrole nitrogens is 1. The van der Waals surface area contributed by atoms with Gasteiger partial charge in [-0.3, -0.25) is 5.10 Å². The maximum atomic E-state index is 13.8. The van der Waals surface area contributed by atoms with Crippen LogP contribution in [0.15, 0.2) is 40.9 Å². The molecule has 4 rings (SSSR count). The highest BCUT2D eigenvalue weighted by Gasteiger charge is 2.51. The topological polar surface area (TPSA) is 69.3 Å². The largest absolute Gasteiger partial charge is 0.305 e. The van der Waals surface area contributed by atoms with Crippen LogP contribution >= 0.6 is 0 Å². The lowest BCUT2D eigenvalue weighted by Crippen LogP contribution is -2.59. The molecule has 1 aliphatic heterocycles. The molecule has 2 heterocycles. The van der Waals surface area contributed by atoms with E-state index in [4.69, 9.17) is 0 Å². The first-order valence-corrected chi connectivity index (χ1v) is 13.3. The predicted molar refractivity (Wildman–Crippen MR) is 134 cm³/mol. The summed E-state index contributed by atoms with van der Waals surface area (Å²) in [6.45, 7) is 11.9. The van der Waals surface area contributed by atoms with Crippen molar-refractivity contribution in [2.75, 3.05) is 27.2 Å². The Morgan fingerprint density at radius 1 is 1.15 bits per heavy atom. The average molecular weight is 471 g/mol. The van der Waals surface area contributed by atoms with Gasteiger partial charge >= 0.3 is 0 Å². The van der Waals surface area contributed by atoms with E-state index in [1.807, 2.05) is 18.3 Å². The van der Waals surface area contributed by atoms with Crippen molar-refractivity contribution in [3.05, 3.63) is 52.9 Å². The third-order valence-corrected chi connectivity index (χ3v) is 9.28. The van der Waals surface area contributed by atoms with Crippen LogP contribution in [0.3, 0.4) is 0 Å². The van der Waals surface area contributed by atoms with Gasteiger partial charge in [-0.1, -0.05) is 52.3 Å². The summed E-state index contributed by atoms with van der Waals surface area (Å²) in [5.41, 5.74) is 4.40. The molecule has 0 amide bonds. The molecule has 6 nitrogen and oxygen atoms in total. The molecule has 2 atom stereocenters. The average Bonchev–Trinajstić information content (AvgIpc) is 3.17. The number of nitrogens with one attached hydrogen (secondary N) is 1. The molecule has 0 radical (unpaired) electrons. The first-order valence-electron chi connectivity index (χ1n) is 11.9. The van der Waals surface area contributed by atoms with E-state index < -0.39 is 10.0 Å². The van der Waals surface area contributed by atoms with Gasteiger partial charge in [0.2, 0.25) is 10.0 Å². The van der Waals surface area contributed by atoms with Crippen molar-refractivity contribution in [2.45, 2.75) is 63.8 Å². The Bertz CT molecular complexity index is 1130. The molecule has 7 heteroatoms. The zero-order valence-corrected chi connectivity index (χ0v) is 21.8. The zero-order chi connectivity index (χ0) is 24.2. The lowest BCUT2D eigenvalue weighted by Gasteiger charge is -2.53. The van der Waals surface area contributed by atoms with Gasteiger partial charge in [0, 0.05) is 24.5 Å². The molecule has 1 fully saturated rings. The third-order valence-electron chi connectivity index (χ3n) is 7.42. The van der Waals surface area contributed by atoms with Gasteiger partial charge in [-0.15, -0.1) is 0 Å². The first-order chi connectivity index (χ1) is 15.4. The number of hydrogen-bond donors (Lipinski definition) is 1. The highest BCUT2D eigenvalue weighted by molar-refractivity contribution is 7.89. The van der Waals surface area contributed by atoms with Gasteiger partial charge < -0.3 is 4.90 Å². The van der Waals surface area contributed by atoms with E-state index in [1.54, 1.807) is 16.4 Å². The monoisotopic (exact) mass is 470 g/mol. The molecular weight excluding hydrogens is 432 g/mol. The summed E-state index contributed by atoms with van der Waals surface area (Å²) in [7, 11) is 0.626. The molecule has 180 valence electrons. The summed E-state index contributed by atoms with van der Waals surface area (Å²) in [6.07, 6.45) is 5.65. The molecule has 1 aromatic heterocycles. The third kappa shape index (κ3) is 4.19. The van der Waals surface area contributed by atoms with Gasteiger partial charge in [0.05, 0.1) is 16.8 Å². The number of aromatic nitrogens is 2. The number of sulfonamides is 1. The molecule has 0 spiro atoms. The summed E-state index contributed by atoms with van der Waals surface area (Å²) in [4.78, 5) is 2.65. The number of aromatic amines is 1. The van der Waals surface area contributed by atoms with E-state index in [9.17, 15) is 8.42 Å². The number of benzene rings is 1. The van der Waals surface area contributed by atoms with Crippen molar-refractivity contribution in [1.29, 1.82) is 0 Å². The quantitative estimate of drug-likeness (QED) is 0.707. The smallest absolute Gasteiger partial charge is 0.243 e. The summed E-state index contributed by atoms with van der Waals surface area (Å²) in [5.74, 6) is 0.366. The van der Waals surface area contributed by atoms with E-state index in [1.165, 1.54) is 11.1 Å². The number of rotatable bonds is 5. The SMILES string of the molecule is CC(C)[C@H](N(C)C)C12Cc3cn[nH]c3C=C1CCN(S(=O)(=O)c1ccc(C(C)(C)C)cc1)C2. The van der Waals surface area contributed by atoms with Crippen LogP contribution in [0.4, 0.5) is 0 Å². The van der Waals surface area contributed by atoms with Crippen LogP contribution in [0.5, 0.6) is 0 Å². The molecule has 0 bridgehead atoms. The second-order valence-corrected chi connectivity index (χ2v) is 13.3. The summed E-state index contributed by atoms with van der Waals surface area (Å²) < 4.78 is 29.3. The van der Waals surface area contributed by atoms with Crippen molar-refractivity contribution in [2.24, 2.45) is 11.3 Å². The Hall–Kier alpha value is -1.96. The van der Waals surface area contributed by atoms with Gasteiger partial charge in [-0.2, -0.15) is 9.40 Å². The Morgan fingerprint density at radius 2 is 1.82 bits per heavy atom. The minimum absolute atomic E-state index is 0.0161. The predicted octanol–water partition coefficient (Wildman–Crippen LogP) is 4.31. The highest BCUT2D eigenvalue weighted by Crippen LogP contribution is 2.49. The zero-order valence-electron chi connectivity index (χ0n) is 21.0. The Balaban J connectivity index is 1.75. The van der Waals surface area contributed by atoms with Gasteiger partial charge in [-0.25, -0.2) is 8.42 Å². The maximum absolute atomic E-state index is 13.8. The van der Waals surface area contributed by atoms with Crippen LogP contribution in [0.2, 0.25) is 0 Å². The number of piperidine rings is 1. The van der Waals surface area contributed by atoms with E-state index in [0.29, 0.717) is 23.9 Å². The molecule has 1 aromatic carbocycles. The molecular formula is C26H38N4O2S. The number of hydrogen-bond acceptors (Lipinski definition) is 4. The fourth-order valence-corrected chi connectivity index (χ4v) is 7.58. The highest BCUT2D eigenvalue weighted by atomic mass is 32.2. The van der Waals surface area contributed by atoms with E-state index in [-0.39, 0.29) is 16.9 Å². The maximum Gasteiger partial charge on any atom is 0.243 e. The normalized spacial score (nSPS) is 22.8. The second-order valence-electron chi connectivity index (χ2n) is 11.3. The second kappa shape index (κ2) is 8.36. The summed E-state index contributed by atoms with van der Waals surface area (Å²) >= 11 is 0. The fourth-order valence-electron chi connectivity index (χ4n) is 6.07. The number of fused-ring (bicyclic) bond motifs is 2. The molecule has 33 heavy (non-hydrogen) atoms. The van der Waals surface area contributed by atoms with Crippen LogP contribution in [-0.2, 0) is 21.9 Å². The van der Waals surface area contributed by atoms with Gasteiger partial charge in [-0.05, 0) is 67.6 Å². The molecule has 0 saturated carbocycles. The van der Waals surface area contributed by atoms with Crippen LogP contribution in [0, 0.1) is 11.3 Å². The van der Waals surface area contributed by atoms with Gasteiger partial charge in [0.1, 0.15) is 0 Å². The number of nitrogens with zero attached hydrogens (tertiary/aromatic N) is 3. The van der Waals surface area contributed by atoms with Gasteiger partial charge in [0.15, 0.2) is 0 Å². The van der Waals surface area contributed by atoms with Crippen molar-refractivity contribution in [3.63, 3.8) is 0 Å². The van der Waals surface area contributed by atoms with Crippen molar-refractivity contribution in [1.82, 2.24) is 19.4 Å². The lowest BCUT2D eigenvalue weighted by molar-refractivity contribution is 0.0577. The van der Waals surface area contributed by atoms with Crippen LogP contribution in [0.1, 0.15) is 57.9 Å². The molecule has 2 aliphatic rings. The molecule has 1 N–H and O–H groups in total. The minimum Gasteiger partial charge on any atom is -0.305 e. The fraction of sp³-hybridized carbons (Fsp3) is 0.577. The Labute approximate surface area is 199 Å². The Kier molecular flexibility index (Phi) is 6.13. The summed E-state index contributed by atoms with van der Waals surface area (Å²) in [5, 5.41) is 7.39. The minimum atomic E-state index is -3.60. The molecule has 2 aromatic rings. The van der Waals surface area contributed by atoms with Crippen LogP contribution < -0.4 is 0 Å².